The molecule has 0 aliphatic carbocycles. The van der Waals surface area contributed by atoms with E-state index in [4.69, 9.17) is 4.52 Å². The monoisotopic (exact) mass is 342 g/mol. The number of amides is 2. The minimum absolute atomic E-state index is 0.0702. The van der Waals surface area contributed by atoms with Gasteiger partial charge in [-0.25, -0.2) is 4.79 Å². The molecular weight excluding hydrogens is 316 g/mol. The van der Waals surface area contributed by atoms with E-state index < -0.39 is 0 Å². The first-order valence-electron chi connectivity index (χ1n) is 8.88. The summed E-state index contributed by atoms with van der Waals surface area (Å²) in [5, 5.41) is 7.10. The van der Waals surface area contributed by atoms with Gasteiger partial charge < -0.3 is 19.6 Å². The van der Waals surface area contributed by atoms with Crippen molar-refractivity contribution < 1.29 is 9.32 Å². The Labute approximate surface area is 148 Å². The number of likely N-dealkylation sites (tertiary alicyclic amines) is 1. The molecule has 1 fully saturated rings. The van der Waals surface area contributed by atoms with Crippen molar-refractivity contribution in [2.75, 3.05) is 33.2 Å². The van der Waals surface area contributed by atoms with Crippen LogP contribution < -0.4 is 5.32 Å². The van der Waals surface area contributed by atoms with Crippen molar-refractivity contribution in [2.24, 2.45) is 5.92 Å². The number of rotatable bonds is 6. The first-order chi connectivity index (χ1) is 12.2. The number of aromatic nitrogens is 1. The molecule has 2 amide bonds. The Morgan fingerprint density at radius 3 is 2.92 bits per heavy atom. The molecule has 1 saturated heterocycles. The standard InChI is InChI=1S/C19H26N4O2/c1-3-23-10-9-15(13-23)12-20-19(24)22(2)14-17-11-18(25-21-17)16-7-5-4-6-8-16/h4-8,11,15H,3,9-10,12-14H2,1-2H3,(H,20,24)/t15-/m0/s1. The predicted molar refractivity (Wildman–Crippen MR) is 97.0 cm³/mol. The Morgan fingerprint density at radius 1 is 1.40 bits per heavy atom. The van der Waals surface area contributed by atoms with Crippen LogP contribution in [-0.2, 0) is 6.54 Å². The van der Waals surface area contributed by atoms with Gasteiger partial charge in [-0.15, -0.1) is 0 Å². The van der Waals surface area contributed by atoms with E-state index in [2.05, 4.69) is 22.3 Å². The molecule has 0 unspecified atom stereocenters. The van der Waals surface area contributed by atoms with Gasteiger partial charge in [0.05, 0.1) is 6.54 Å². The summed E-state index contributed by atoms with van der Waals surface area (Å²) in [5.41, 5.74) is 1.73. The van der Waals surface area contributed by atoms with Crippen molar-refractivity contribution in [3.63, 3.8) is 0 Å². The fraction of sp³-hybridized carbons (Fsp3) is 0.474. The number of nitrogens with one attached hydrogen (secondary N) is 1. The summed E-state index contributed by atoms with van der Waals surface area (Å²) in [7, 11) is 1.78. The van der Waals surface area contributed by atoms with Gasteiger partial charge in [0.25, 0.3) is 0 Å². The molecule has 1 aromatic heterocycles. The van der Waals surface area contributed by atoms with Crippen LogP contribution in [0.5, 0.6) is 0 Å². The van der Waals surface area contributed by atoms with E-state index in [0.29, 0.717) is 12.5 Å². The summed E-state index contributed by atoms with van der Waals surface area (Å²) in [5.74, 6) is 1.27. The highest BCUT2D eigenvalue weighted by molar-refractivity contribution is 5.73. The smallest absolute Gasteiger partial charge is 0.317 e. The fourth-order valence-corrected chi connectivity index (χ4v) is 3.17. The summed E-state index contributed by atoms with van der Waals surface area (Å²) in [4.78, 5) is 16.3. The number of nitrogens with zero attached hydrogens (tertiary/aromatic N) is 3. The number of carbonyl (C=O) groups is 1. The Morgan fingerprint density at radius 2 is 2.20 bits per heavy atom. The molecule has 6 nitrogen and oxygen atoms in total. The third-order valence-electron chi connectivity index (χ3n) is 4.72. The third kappa shape index (κ3) is 4.60. The minimum atomic E-state index is -0.0702. The minimum Gasteiger partial charge on any atom is -0.356 e. The van der Waals surface area contributed by atoms with Gasteiger partial charge in [0.1, 0.15) is 5.69 Å². The van der Waals surface area contributed by atoms with Crippen LogP contribution in [-0.4, -0.2) is 54.2 Å². The van der Waals surface area contributed by atoms with Crippen LogP contribution in [0, 0.1) is 5.92 Å². The maximum Gasteiger partial charge on any atom is 0.317 e. The van der Waals surface area contributed by atoms with Crippen molar-refractivity contribution in [2.45, 2.75) is 19.9 Å². The van der Waals surface area contributed by atoms with E-state index >= 15 is 0 Å². The van der Waals surface area contributed by atoms with Gasteiger partial charge in [-0.3, -0.25) is 0 Å². The van der Waals surface area contributed by atoms with E-state index in [-0.39, 0.29) is 6.03 Å². The Bertz CT molecular complexity index is 686. The second-order valence-electron chi connectivity index (χ2n) is 6.64. The molecule has 1 aliphatic heterocycles. The number of hydrogen-bond acceptors (Lipinski definition) is 4. The first kappa shape index (κ1) is 17.5. The molecule has 25 heavy (non-hydrogen) atoms. The Hall–Kier alpha value is -2.34. The molecule has 1 N–H and O–H groups in total. The van der Waals surface area contributed by atoms with Gasteiger partial charge in [-0.2, -0.15) is 0 Å². The van der Waals surface area contributed by atoms with Crippen molar-refractivity contribution in [1.29, 1.82) is 0 Å². The first-order valence-corrected chi connectivity index (χ1v) is 8.88. The predicted octanol–water partition coefficient (Wildman–Crippen LogP) is 2.82. The highest BCUT2D eigenvalue weighted by Gasteiger charge is 2.22. The van der Waals surface area contributed by atoms with Gasteiger partial charge in [-0.05, 0) is 25.4 Å². The summed E-state index contributed by atoms with van der Waals surface area (Å²) in [6.07, 6.45) is 1.15. The van der Waals surface area contributed by atoms with Crippen LogP contribution >= 0.6 is 0 Å². The molecular formula is C19H26N4O2. The number of carbonyl (C=O) groups excluding carboxylic acids is 1. The Balaban J connectivity index is 1.48. The van der Waals surface area contributed by atoms with Crippen LogP contribution in [0.15, 0.2) is 40.9 Å². The molecule has 0 spiro atoms. The van der Waals surface area contributed by atoms with Gasteiger partial charge >= 0.3 is 6.03 Å². The average Bonchev–Trinajstić information content (AvgIpc) is 3.29. The van der Waals surface area contributed by atoms with Gasteiger partial charge in [0.2, 0.25) is 0 Å². The molecule has 1 atom stereocenters. The molecule has 3 rings (SSSR count). The van der Waals surface area contributed by atoms with Crippen molar-refractivity contribution in [3.05, 3.63) is 42.1 Å². The second-order valence-corrected chi connectivity index (χ2v) is 6.64. The van der Waals surface area contributed by atoms with Gasteiger partial charge in [0, 0.05) is 31.8 Å². The topological polar surface area (TPSA) is 61.6 Å². The SMILES string of the molecule is CCN1CC[C@@H](CNC(=O)N(C)Cc2cc(-c3ccccc3)on2)C1. The van der Waals surface area contributed by atoms with Gasteiger partial charge in [-0.1, -0.05) is 42.4 Å². The second kappa shape index (κ2) is 8.16. The molecule has 0 saturated carbocycles. The zero-order chi connectivity index (χ0) is 17.6. The van der Waals surface area contributed by atoms with Crippen molar-refractivity contribution >= 4 is 6.03 Å². The molecule has 0 radical (unpaired) electrons. The third-order valence-corrected chi connectivity index (χ3v) is 4.72. The van der Waals surface area contributed by atoms with Crippen LogP contribution in [0.1, 0.15) is 19.0 Å². The normalized spacial score (nSPS) is 17.6. The number of hydrogen-bond donors (Lipinski definition) is 1. The van der Waals surface area contributed by atoms with Crippen LogP contribution in [0.4, 0.5) is 4.79 Å². The van der Waals surface area contributed by atoms with E-state index in [1.54, 1.807) is 11.9 Å². The molecule has 2 heterocycles. The fourth-order valence-electron chi connectivity index (χ4n) is 3.17. The zero-order valence-electron chi connectivity index (χ0n) is 14.9. The summed E-state index contributed by atoms with van der Waals surface area (Å²) in [6, 6.07) is 11.6. The molecule has 2 aromatic rings. The summed E-state index contributed by atoms with van der Waals surface area (Å²) < 4.78 is 5.38. The largest absolute Gasteiger partial charge is 0.356 e. The average molecular weight is 342 g/mol. The van der Waals surface area contributed by atoms with E-state index in [1.807, 2.05) is 36.4 Å². The Kier molecular flexibility index (Phi) is 5.71. The van der Waals surface area contributed by atoms with E-state index in [0.717, 1.165) is 49.6 Å². The van der Waals surface area contributed by atoms with Crippen molar-refractivity contribution in [3.8, 4) is 11.3 Å². The maximum absolute atomic E-state index is 12.3. The number of benzene rings is 1. The molecule has 1 aromatic carbocycles. The lowest BCUT2D eigenvalue weighted by Gasteiger charge is -2.18. The maximum atomic E-state index is 12.3. The van der Waals surface area contributed by atoms with Crippen LogP contribution in [0.3, 0.4) is 0 Å². The van der Waals surface area contributed by atoms with Crippen LogP contribution in [0.2, 0.25) is 0 Å². The van der Waals surface area contributed by atoms with E-state index in [1.165, 1.54) is 0 Å². The summed E-state index contributed by atoms with van der Waals surface area (Å²) >= 11 is 0. The van der Waals surface area contributed by atoms with E-state index in [9.17, 15) is 4.79 Å². The van der Waals surface area contributed by atoms with Crippen molar-refractivity contribution in [1.82, 2.24) is 20.3 Å². The van der Waals surface area contributed by atoms with Gasteiger partial charge in [0.15, 0.2) is 5.76 Å². The number of urea groups is 1. The lowest BCUT2D eigenvalue weighted by molar-refractivity contribution is 0.203. The highest BCUT2D eigenvalue weighted by Crippen LogP contribution is 2.20. The highest BCUT2D eigenvalue weighted by atomic mass is 16.5. The molecule has 0 bridgehead atoms. The lowest BCUT2D eigenvalue weighted by atomic mass is 10.1. The summed E-state index contributed by atoms with van der Waals surface area (Å²) in [6.45, 7) is 6.62. The molecule has 1 aliphatic rings. The zero-order valence-corrected chi connectivity index (χ0v) is 14.9. The quantitative estimate of drug-likeness (QED) is 0.877. The van der Waals surface area contributed by atoms with Crippen LogP contribution in [0.25, 0.3) is 11.3 Å². The molecule has 6 heteroatoms. The molecule has 134 valence electrons. The lowest BCUT2D eigenvalue weighted by Crippen LogP contribution is -2.39.